The lowest BCUT2D eigenvalue weighted by atomic mass is 10.1. The van der Waals surface area contributed by atoms with Crippen LogP contribution >= 0.6 is 35.6 Å². The molecule has 138 valence electrons. The van der Waals surface area contributed by atoms with Crippen LogP contribution in [0.15, 0.2) is 18.2 Å². The fourth-order valence-corrected chi connectivity index (χ4v) is 3.98. The van der Waals surface area contributed by atoms with Gasteiger partial charge in [-0.1, -0.05) is 23.2 Å². The van der Waals surface area contributed by atoms with Gasteiger partial charge in [0.1, 0.15) is 6.04 Å². The third-order valence-electron chi connectivity index (χ3n) is 4.59. The molecule has 0 aromatic heterocycles. The number of piperazine rings is 1. The van der Waals surface area contributed by atoms with E-state index < -0.39 is 0 Å². The maximum absolute atomic E-state index is 12.9. The summed E-state index contributed by atoms with van der Waals surface area (Å²) in [7, 11) is 0. The standard InChI is InChI=1S/C17H21Cl2N3O2.ClH/c1-11-10-21(6-4-20-11)17(24)15-3-2-5-22(15)16(23)12-7-13(18)9-14(19)8-12;/h7-9,11,15,20H,2-6,10H2,1H3;1H. The number of rotatable bonds is 2. The van der Waals surface area contributed by atoms with E-state index in [-0.39, 0.29) is 36.3 Å². The minimum atomic E-state index is -0.388. The summed E-state index contributed by atoms with van der Waals surface area (Å²) >= 11 is 12.0. The molecule has 0 radical (unpaired) electrons. The van der Waals surface area contributed by atoms with E-state index in [1.807, 2.05) is 4.90 Å². The first-order valence-electron chi connectivity index (χ1n) is 8.25. The SMILES string of the molecule is CC1CN(C(=O)C2CCCN2C(=O)c2cc(Cl)cc(Cl)c2)CCN1.Cl. The fraction of sp³-hybridized carbons (Fsp3) is 0.529. The van der Waals surface area contributed by atoms with Crippen LogP contribution in [0, 0.1) is 0 Å². The highest BCUT2D eigenvalue weighted by Crippen LogP contribution is 2.25. The van der Waals surface area contributed by atoms with Gasteiger partial charge in [-0.3, -0.25) is 9.59 Å². The summed E-state index contributed by atoms with van der Waals surface area (Å²) < 4.78 is 0. The van der Waals surface area contributed by atoms with Crippen molar-refractivity contribution in [2.24, 2.45) is 0 Å². The number of likely N-dealkylation sites (tertiary alicyclic amines) is 1. The van der Waals surface area contributed by atoms with Crippen LogP contribution in [-0.4, -0.2) is 59.9 Å². The van der Waals surface area contributed by atoms with Crippen molar-refractivity contribution >= 4 is 47.4 Å². The number of hydrogen-bond acceptors (Lipinski definition) is 3. The zero-order valence-corrected chi connectivity index (χ0v) is 16.3. The van der Waals surface area contributed by atoms with Crippen LogP contribution in [0.1, 0.15) is 30.1 Å². The highest BCUT2D eigenvalue weighted by molar-refractivity contribution is 6.35. The number of hydrogen-bond donors (Lipinski definition) is 1. The largest absolute Gasteiger partial charge is 0.338 e. The van der Waals surface area contributed by atoms with Gasteiger partial charge >= 0.3 is 0 Å². The van der Waals surface area contributed by atoms with Gasteiger partial charge < -0.3 is 15.1 Å². The zero-order chi connectivity index (χ0) is 17.3. The number of amides is 2. The molecule has 5 nitrogen and oxygen atoms in total. The summed E-state index contributed by atoms with van der Waals surface area (Å²) in [4.78, 5) is 29.2. The Labute approximate surface area is 164 Å². The van der Waals surface area contributed by atoms with Gasteiger partial charge in [-0.2, -0.15) is 0 Å². The van der Waals surface area contributed by atoms with Crippen molar-refractivity contribution in [1.29, 1.82) is 0 Å². The molecule has 2 amide bonds. The molecule has 2 unspecified atom stereocenters. The van der Waals surface area contributed by atoms with Gasteiger partial charge in [-0.25, -0.2) is 0 Å². The molecule has 1 aromatic rings. The Hall–Kier alpha value is -1.01. The lowest BCUT2D eigenvalue weighted by Gasteiger charge is -2.35. The summed E-state index contributed by atoms with van der Waals surface area (Å²) in [5, 5.41) is 4.17. The molecule has 3 rings (SSSR count). The number of nitrogens with zero attached hydrogens (tertiary/aromatic N) is 2. The third-order valence-corrected chi connectivity index (χ3v) is 5.03. The monoisotopic (exact) mass is 405 g/mol. The molecule has 2 fully saturated rings. The van der Waals surface area contributed by atoms with Gasteiger partial charge in [0.25, 0.3) is 5.91 Å². The van der Waals surface area contributed by atoms with Crippen LogP contribution in [0.5, 0.6) is 0 Å². The minimum absolute atomic E-state index is 0. The van der Waals surface area contributed by atoms with E-state index in [9.17, 15) is 9.59 Å². The molecule has 0 aliphatic carbocycles. The van der Waals surface area contributed by atoms with Gasteiger partial charge in [0.2, 0.25) is 5.91 Å². The van der Waals surface area contributed by atoms with Crippen molar-refractivity contribution in [3.05, 3.63) is 33.8 Å². The Balaban J connectivity index is 0.00000225. The first-order chi connectivity index (χ1) is 11.5. The lowest BCUT2D eigenvalue weighted by Crippen LogP contribution is -2.56. The smallest absolute Gasteiger partial charge is 0.254 e. The van der Waals surface area contributed by atoms with Crippen molar-refractivity contribution in [3.63, 3.8) is 0 Å². The topological polar surface area (TPSA) is 52.7 Å². The summed E-state index contributed by atoms with van der Waals surface area (Å²) in [5.41, 5.74) is 0.431. The second-order valence-electron chi connectivity index (χ2n) is 6.45. The quantitative estimate of drug-likeness (QED) is 0.821. The number of halogens is 3. The summed E-state index contributed by atoms with van der Waals surface area (Å²) in [6.07, 6.45) is 1.54. The third kappa shape index (κ3) is 4.59. The van der Waals surface area contributed by atoms with E-state index in [1.165, 1.54) is 0 Å². The van der Waals surface area contributed by atoms with Crippen LogP contribution in [0.4, 0.5) is 0 Å². The van der Waals surface area contributed by atoms with Gasteiger partial charge in [-0.15, -0.1) is 12.4 Å². The predicted octanol–water partition coefficient (Wildman–Crippen LogP) is 2.84. The van der Waals surface area contributed by atoms with E-state index in [2.05, 4.69) is 12.2 Å². The molecule has 2 atom stereocenters. The van der Waals surface area contributed by atoms with Crippen LogP contribution < -0.4 is 5.32 Å². The highest BCUT2D eigenvalue weighted by atomic mass is 35.5. The average Bonchev–Trinajstić information content (AvgIpc) is 3.02. The molecule has 2 heterocycles. The normalized spacial score (nSPS) is 23.3. The summed E-state index contributed by atoms with van der Waals surface area (Å²) in [6.45, 7) is 4.80. The van der Waals surface area contributed by atoms with Crippen LogP contribution in [0.3, 0.4) is 0 Å². The summed E-state index contributed by atoms with van der Waals surface area (Å²) in [6, 6.07) is 4.68. The first-order valence-corrected chi connectivity index (χ1v) is 9.00. The molecule has 25 heavy (non-hydrogen) atoms. The average molecular weight is 407 g/mol. The molecule has 0 saturated carbocycles. The Bertz CT molecular complexity index is 636. The van der Waals surface area contributed by atoms with Gasteiger partial charge in [0.05, 0.1) is 0 Å². The van der Waals surface area contributed by atoms with Gasteiger partial charge in [0.15, 0.2) is 0 Å². The number of benzene rings is 1. The maximum atomic E-state index is 12.9. The van der Waals surface area contributed by atoms with E-state index in [1.54, 1.807) is 23.1 Å². The minimum Gasteiger partial charge on any atom is -0.338 e. The fourth-order valence-electron chi connectivity index (χ4n) is 3.45. The molecule has 0 spiro atoms. The molecule has 0 bridgehead atoms. The maximum Gasteiger partial charge on any atom is 0.254 e. The molecule has 2 aliphatic heterocycles. The van der Waals surface area contributed by atoms with Crippen molar-refractivity contribution in [2.45, 2.75) is 31.8 Å². The van der Waals surface area contributed by atoms with Crippen molar-refractivity contribution < 1.29 is 9.59 Å². The molecular formula is C17H22Cl3N3O2. The lowest BCUT2D eigenvalue weighted by molar-refractivity contribution is -0.136. The van der Waals surface area contributed by atoms with Crippen LogP contribution in [0.2, 0.25) is 10.0 Å². The van der Waals surface area contributed by atoms with E-state index in [0.717, 1.165) is 13.0 Å². The van der Waals surface area contributed by atoms with Crippen LogP contribution in [-0.2, 0) is 4.79 Å². The second kappa shape index (κ2) is 8.58. The zero-order valence-electron chi connectivity index (χ0n) is 14.0. The van der Waals surface area contributed by atoms with E-state index >= 15 is 0 Å². The molecule has 8 heteroatoms. The van der Waals surface area contributed by atoms with Crippen molar-refractivity contribution in [1.82, 2.24) is 15.1 Å². The molecule has 2 saturated heterocycles. The van der Waals surface area contributed by atoms with Crippen molar-refractivity contribution in [3.8, 4) is 0 Å². The van der Waals surface area contributed by atoms with Gasteiger partial charge in [0, 0.05) is 47.8 Å². The first kappa shape index (κ1) is 20.3. The number of carbonyl (C=O) groups excluding carboxylic acids is 2. The highest BCUT2D eigenvalue weighted by Gasteiger charge is 2.37. The summed E-state index contributed by atoms with van der Waals surface area (Å²) in [5.74, 6) is -0.138. The van der Waals surface area contributed by atoms with Crippen molar-refractivity contribution in [2.75, 3.05) is 26.2 Å². The van der Waals surface area contributed by atoms with Crippen LogP contribution in [0.25, 0.3) is 0 Å². The van der Waals surface area contributed by atoms with E-state index in [4.69, 9.17) is 23.2 Å². The number of carbonyl (C=O) groups is 2. The Morgan fingerprint density at radius 3 is 2.48 bits per heavy atom. The molecule has 1 N–H and O–H groups in total. The Morgan fingerprint density at radius 2 is 1.84 bits per heavy atom. The molecule has 1 aromatic carbocycles. The molecular weight excluding hydrogens is 385 g/mol. The number of nitrogens with one attached hydrogen (secondary N) is 1. The van der Waals surface area contributed by atoms with E-state index in [0.29, 0.717) is 41.7 Å². The molecule has 2 aliphatic rings. The Morgan fingerprint density at radius 1 is 1.16 bits per heavy atom. The van der Waals surface area contributed by atoms with Gasteiger partial charge in [-0.05, 0) is 38.0 Å². The second-order valence-corrected chi connectivity index (χ2v) is 7.33. The Kier molecular flexibility index (Phi) is 6.97. The predicted molar refractivity (Wildman–Crippen MR) is 102 cm³/mol.